The van der Waals surface area contributed by atoms with E-state index in [9.17, 15) is 4.79 Å². The summed E-state index contributed by atoms with van der Waals surface area (Å²) in [7, 11) is 0. The predicted octanol–water partition coefficient (Wildman–Crippen LogP) is 2.57. The average molecular weight is 277 g/mol. The molecule has 0 unspecified atom stereocenters. The molecule has 0 radical (unpaired) electrons. The Labute approximate surface area is 93.5 Å². The van der Waals surface area contributed by atoms with Crippen molar-refractivity contribution in [2.75, 3.05) is 5.32 Å². The molecule has 0 atom stereocenters. The van der Waals surface area contributed by atoms with Crippen molar-refractivity contribution in [3.63, 3.8) is 0 Å². The topological polar surface area (TPSA) is 62.2 Å². The van der Waals surface area contributed by atoms with Crippen LogP contribution < -0.4 is 5.32 Å². The number of carboxylic acids is 1. The predicted molar refractivity (Wildman–Crippen MR) is 58.0 cm³/mol. The van der Waals surface area contributed by atoms with Crippen LogP contribution >= 0.6 is 27.3 Å². The van der Waals surface area contributed by atoms with Gasteiger partial charge >= 0.3 is 5.97 Å². The second kappa shape index (κ2) is 3.86. The summed E-state index contributed by atoms with van der Waals surface area (Å²) in [6.07, 6.45) is 3.55. The van der Waals surface area contributed by atoms with E-state index in [1.54, 1.807) is 0 Å². The van der Waals surface area contributed by atoms with Gasteiger partial charge in [-0.15, -0.1) is 0 Å². The van der Waals surface area contributed by atoms with Gasteiger partial charge in [-0.05, 0) is 35.2 Å². The highest BCUT2D eigenvalue weighted by atomic mass is 79.9. The van der Waals surface area contributed by atoms with Crippen molar-refractivity contribution in [2.24, 2.45) is 0 Å². The van der Waals surface area contributed by atoms with Crippen LogP contribution in [0, 0.1) is 0 Å². The third-order valence-electron chi connectivity index (χ3n) is 2.21. The number of hydrogen-bond acceptors (Lipinski definition) is 4. The zero-order valence-corrected chi connectivity index (χ0v) is 9.69. The number of rotatable bonds is 3. The fourth-order valence-electron chi connectivity index (χ4n) is 1.22. The molecule has 0 aliphatic heterocycles. The Morgan fingerprint density at radius 1 is 1.64 bits per heavy atom. The molecule has 2 N–H and O–H groups in total. The summed E-state index contributed by atoms with van der Waals surface area (Å²) in [4.78, 5) is 15.1. The normalized spacial score (nSPS) is 16.4. The smallest absolute Gasteiger partial charge is 0.348 e. The van der Waals surface area contributed by atoms with Gasteiger partial charge < -0.3 is 10.4 Å². The third kappa shape index (κ3) is 1.90. The van der Waals surface area contributed by atoms with Gasteiger partial charge in [0.05, 0.1) is 0 Å². The molecule has 0 saturated heterocycles. The van der Waals surface area contributed by atoms with Crippen molar-refractivity contribution in [3.05, 3.63) is 9.48 Å². The minimum atomic E-state index is -0.934. The molecule has 0 spiro atoms. The second-order valence-corrected chi connectivity index (χ2v) is 4.97. The summed E-state index contributed by atoms with van der Waals surface area (Å²) < 4.78 is 0.414. The lowest BCUT2D eigenvalue weighted by atomic mass is 9.93. The van der Waals surface area contributed by atoms with Gasteiger partial charge in [0.2, 0.25) is 0 Å². The van der Waals surface area contributed by atoms with Crippen LogP contribution in [0.1, 0.15) is 28.9 Å². The molecule has 1 aromatic rings. The van der Waals surface area contributed by atoms with Crippen molar-refractivity contribution in [2.45, 2.75) is 25.3 Å². The minimum Gasteiger partial charge on any atom is -0.477 e. The highest BCUT2D eigenvalue weighted by Gasteiger charge is 2.21. The summed E-state index contributed by atoms with van der Waals surface area (Å²) in [5.41, 5.74) is 0. The number of nitrogens with zero attached hydrogens (tertiary/aromatic N) is 1. The van der Waals surface area contributed by atoms with Crippen molar-refractivity contribution >= 4 is 38.4 Å². The molecule has 6 heteroatoms. The van der Waals surface area contributed by atoms with Crippen molar-refractivity contribution in [3.8, 4) is 0 Å². The van der Waals surface area contributed by atoms with Gasteiger partial charge in [0, 0.05) is 6.04 Å². The second-order valence-electron chi connectivity index (χ2n) is 3.22. The molecule has 1 saturated carbocycles. The quantitative estimate of drug-likeness (QED) is 0.891. The number of halogens is 1. The molecule has 0 amide bonds. The Morgan fingerprint density at radius 2 is 2.36 bits per heavy atom. The Kier molecular flexibility index (Phi) is 2.73. The van der Waals surface area contributed by atoms with E-state index in [2.05, 4.69) is 26.2 Å². The molecular formula is C8H9BrN2O2S. The largest absolute Gasteiger partial charge is 0.477 e. The molecule has 1 aromatic heterocycles. The molecular weight excluding hydrogens is 268 g/mol. The number of thiazole rings is 1. The molecule has 4 nitrogen and oxygen atoms in total. The number of anilines is 1. The number of carbonyl (C=O) groups is 1. The van der Waals surface area contributed by atoms with Crippen molar-refractivity contribution in [1.82, 2.24) is 4.98 Å². The zero-order valence-electron chi connectivity index (χ0n) is 7.29. The summed E-state index contributed by atoms with van der Waals surface area (Å²) in [5.74, 6) is -0.934. The van der Waals surface area contributed by atoms with Gasteiger partial charge in [-0.3, -0.25) is 0 Å². The molecule has 1 aliphatic carbocycles. The lowest BCUT2D eigenvalue weighted by Crippen LogP contribution is -2.26. The monoisotopic (exact) mass is 276 g/mol. The molecule has 1 heterocycles. The fraction of sp³-hybridized carbons (Fsp3) is 0.500. The van der Waals surface area contributed by atoms with E-state index in [1.807, 2.05) is 0 Å². The zero-order chi connectivity index (χ0) is 10.1. The van der Waals surface area contributed by atoms with Gasteiger partial charge in [-0.1, -0.05) is 11.3 Å². The minimum absolute atomic E-state index is 0.256. The standard InChI is InChI=1S/C8H9BrN2O2S/c9-6-5(7(12)13)14-8(11-6)10-4-2-1-3-4/h4H,1-3H2,(H,10,11)(H,12,13). The van der Waals surface area contributed by atoms with Crippen LogP contribution in [-0.2, 0) is 0 Å². The first-order chi connectivity index (χ1) is 6.66. The molecule has 76 valence electrons. The number of aromatic carboxylic acids is 1. The SMILES string of the molecule is O=C(O)c1sc(NC2CCC2)nc1Br. The Hall–Kier alpha value is -0.620. The van der Waals surface area contributed by atoms with Crippen LogP contribution in [0.2, 0.25) is 0 Å². The van der Waals surface area contributed by atoms with Gasteiger partial charge in [0.15, 0.2) is 5.13 Å². The molecule has 1 fully saturated rings. The summed E-state index contributed by atoms with van der Waals surface area (Å²) in [6, 6.07) is 0.481. The highest BCUT2D eigenvalue weighted by molar-refractivity contribution is 9.10. The lowest BCUT2D eigenvalue weighted by molar-refractivity contribution is 0.0701. The van der Waals surface area contributed by atoms with E-state index in [-0.39, 0.29) is 4.88 Å². The number of aromatic nitrogens is 1. The summed E-state index contributed by atoms with van der Waals surface area (Å²) in [5, 5.41) is 12.7. The Bertz CT molecular complexity index is 362. The number of hydrogen-bond donors (Lipinski definition) is 2. The average Bonchev–Trinajstić information content (AvgIpc) is 2.39. The van der Waals surface area contributed by atoms with Gasteiger partial charge in [-0.25, -0.2) is 9.78 Å². The van der Waals surface area contributed by atoms with Crippen LogP contribution in [0.3, 0.4) is 0 Å². The van der Waals surface area contributed by atoms with E-state index in [1.165, 1.54) is 17.8 Å². The highest BCUT2D eigenvalue weighted by Crippen LogP contribution is 2.30. The van der Waals surface area contributed by atoms with E-state index < -0.39 is 5.97 Å². The van der Waals surface area contributed by atoms with Gasteiger partial charge in [0.25, 0.3) is 0 Å². The molecule has 14 heavy (non-hydrogen) atoms. The number of carboxylic acid groups (broad SMARTS) is 1. The van der Waals surface area contributed by atoms with Crippen LogP contribution in [0.15, 0.2) is 4.60 Å². The van der Waals surface area contributed by atoms with Crippen LogP contribution in [0.4, 0.5) is 5.13 Å². The van der Waals surface area contributed by atoms with Gasteiger partial charge in [0.1, 0.15) is 9.48 Å². The lowest BCUT2D eigenvalue weighted by Gasteiger charge is -2.25. The molecule has 2 rings (SSSR count). The number of nitrogens with one attached hydrogen (secondary N) is 1. The van der Waals surface area contributed by atoms with E-state index in [4.69, 9.17) is 5.11 Å². The summed E-state index contributed by atoms with van der Waals surface area (Å²) >= 11 is 4.30. The van der Waals surface area contributed by atoms with Crippen molar-refractivity contribution < 1.29 is 9.90 Å². The molecule has 1 aliphatic rings. The van der Waals surface area contributed by atoms with Crippen molar-refractivity contribution in [1.29, 1.82) is 0 Å². The van der Waals surface area contributed by atoms with Crippen LogP contribution in [-0.4, -0.2) is 22.1 Å². The Balaban J connectivity index is 2.10. The first kappa shape index (κ1) is 9.92. The maximum atomic E-state index is 10.7. The van der Waals surface area contributed by atoms with Gasteiger partial charge in [-0.2, -0.15) is 0 Å². The third-order valence-corrected chi connectivity index (χ3v) is 4.02. The summed E-state index contributed by atoms with van der Waals surface area (Å²) in [6.45, 7) is 0. The van der Waals surface area contributed by atoms with E-state index in [0.717, 1.165) is 12.8 Å². The van der Waals surface area contributed by atoms with Crippen LogP contribution in [0.25, 0.3) is 0 Å². The fourth-order valence-corrected chi connectivity index (χ4v) is 2.70. The first-order valence-corrected chi connectivity index (χ1v) is 5.94. The van der Waals surface area contributed by atoms with E-state index in [0.29, 0.717) is 15.8 Å². The van der Waals surface area contributed by atoms with E-state index >= 15 is 0 Å². The Morgan fingerprint density at radius 3 is 2.79 bits per heavy atom. The first-order valence-electron chi connectivity index (χ1n) is 4.33. The molecule has 0 aromatic carbocycles. The maximum Gasteiger partial charge on any atom is 0.348 e. The maximum absolute atomic E-state index is 10.7. The van der Waals surface area contributed by atoms with Crippen LogP contribution in [0.5, 0.6) is 0 Å². The molecule has 0 bridgehead atoms.